The van der Waals surface area contributed by atoms with Gasteiger partial charge in [-0.2, -0.15) is 21.6 Å². The maximum absolute atomic E-state index is 13.3. The number of hydrogen-bond donors (Lipinski definition) is 0. The molecule has 0 unspecified atom stereocenters. The van der Waals surface area contributed by atoms with Crippen LogP contribution in [0.2, 0.25) is 11.6 Å². The average Bonchev–Trinajstić information content (AvgIpc) is 2.58. The number of fused-ring (bicyclic) bond motifs is 4. The summed E-state index contributed by atoms with van der Waals surface area (Å²) in [6, 6.07) is 0. The third kappa shape index (κ3) is 3.05. The van der Waals surface area contributed by atoms with Crippen LogP contribution in [-0.4, -0.2) is 20.8 Å². The number of hydrogen-bond acceptors (Lipinski definition) is 3. The van der Waals surface area contributed by atoms with Crippen LogP contribution >= 0.6 is 0 Å². The second-order valence-corrected chi connectivity index (χ2v) is 13.3. The van der Waals surface area contributed by atoms with Gasteiger partial charge in [0.05, 0.1) is 0 Å². The molecule has 8 atom stereocenters. The van der Waals surface area contributed by atoms with Gasteiger partial charge < -0.3 is 4.10 Å². The van der Waals surface area contributed by atoms with Crippen molar-refractivity contribution in [2.24, 2.45) is 46.3 Å². The summed E-state index contributed by atoms with van der Waals surface area (Å²) in [4.78, 5) is 0. The van der Waals surface area contributed by atoms with E-state index < -0.39 is 22.5 Å². The lowest BCUT2D eigenvalue weighted by molar-refractivity contribution is -0.103. The van der Waals surface area contributed by atoms with Gasteiger partial charge in [0.25, 0.3) is 0 Å². The van der Waals surface area contributed by atoms with Crippen molar-refractivity contribution in [2.45, 2.75) is 84.4 Å². The van der Waals surface area contributed by atoms with E-state index in [4.69, 9.17) is 4.10 Å². The Morgan fingerprint density at radius 1 is 0.828 bits per heavy atom. The fraction of sp³-hybridized carbons (Fsp3) is 1.00. The highest BCUT2D eigenvalue weighted by atomic mass is 32.2. The maximum Gasteiger partial charge on any atom is 0.521 e. The Balaban J connectivity index is 1.74. The van der Waals surface area contributed by atoms with Crippen molar-refractivity contribution in [3.8, 4) is 0 Å². The van der Waals surface area contributed by atoms with Gasteiger partial charge >= 0.3 is 22.5 Å². The molecule has 6 saturated carbocycles. The molecular weight excluding hydrogens is 400 g/mol. The number of rotatable bonds is 4. The lowest BCUT2D eigenvalue weighted by Gasteiger charge is -2.67. The molecule has 0 aromatic heterocycles. The molecule has 6 aliphatic rings. The summed E-state index contributed by atoms with van der Waals surface area (Å²) in [5, 5.41) is 0. The minimum absolute atomic E-state index is 0.0380. The van der Waals surface area contributed by atoms with Gasteiger partial charge in [-0.25, -0.2) is 0 Å². The van der Waals surface area contributed by atoms with E-state index >= 15 is 0 Å². The molecule has 6 aliphatic carbocycles. The molecule has 29 heavy (non-hydrogen) atoms. The number of halogens is 3. The molecule has 0 aliphatic heterocycles. The zero-order valence-electron chi connectivity index (χ0n) is 18.3. The van der Waals surface area contributed by atoms with E-state index in [9.17, 15) is 21.6 Å². The fourth-order valence-corrected chi connectivity index (χ4v) is 8.57. The predicted octanol–water partition coefficient (Wildman–Crippen LogP) is 5.99. The van der Waals surface area contributed by atoms with Crippen LogP contribution in [0.5, 0.6) is 0 Å². The molecule has 0 amide bonds. The summed E-state index contributed by atoms with van der Waals surface area (Å²) in [6.07, 6.45) is 3.84. The lowest BCUT2D eigenvalue weighted by atomic mass is 9.25. The standard InChI is InChI=1S/C21H34BF3O3S/c1-11-7-13-9-15(19(13,3)4)17(11)22(28-29(26,27)21(23,24)25)18-12(2)8-14-10-16(18)20(14,5)6/h11-18H,7-10H2,1-6H3/t11-,12-,13+,14+,15+,16+,17+,18+/m1/s1. The second kappa shape index (κ2) is 6.40. The fourth-order valence-electron chi connectivity index (χ4n) is 7.92. The van der Waals surface area contributed by atoms with Gasteiger partial charge in [-0.05, 0) is 83.7 Å². The minimum Gasteiger partial charge on any atom is -0.326 e. The summed E-state index contributed by atoms with van der Waals surface area (Å²) in [6.45, 7) is 12.0. The first-order chi connectivity index (χ1) is 13.1. The zero-order chi connectivity index (χ0) is 21.7. The lowest BCUT2D eigenvalue weighted by Crippen LogP contribution is -2.62. The monoisotopic (exact) mass is 434 g/mol. The molecule has 3 nitrogen and oxygen atoms in total. The van der Waals surface area contributed by atoms with Crippen LogP contribution in [0.4, 0.5) is 13.2 Å². The maximum atomic E-state index is 13.3. The van der Waals surface area contributed by atoms with Crippen LogP contribution in [0, 0.1) is 46.3 Å². The van der Waals surface area contributed by atoms with Gasteiger partial charge in [-0.15, -0.1) is 0 Å². The summed E-state index contributed by atoms with van der Waals surface area (Å²) < 4.78 is 69.6. The molecule has 0 radical (unpaired) electrons. The van der Waals surface area contributed by atoms with E-state index in [1.54, 1.807) is 0 Å². The van der Waals surface area contributed by atoms with E-state index in [2.05, 4.69) is 41.5 Å². The molecule has 166 valence electrons. The highest BCUT2D eigenvalue weighted by molar-refractivity contribution is 7.88. The molecule has 4 bridgehead atoms. The number of alkyl halides is 3. The molecule has 0 heterocycles. The predicted molar refractivity (Wildman–Crippen MR) is 108 cm³/mol. The molecule has 0 N–H and O–H groups in total. The van der Waals surface area contributed by atoms with Gasteiger partial charge in [0, 0.05) is 0 Å². The van der Waals surface area contributed by atoms with E-state index in [1.165, 1.54) is 0 Å². The summed E-state index contributed by atoms with van der Waals surface area (Å²) >= 11 is 0. The Bertz CT molecular complexity index is 737. The van der Waals surface area contributed by atoms with Crippen molar-refractivity contribution in [1.82, 2.24) is 0 Å². The first-order valence-electron chi connectivity index (χ1n) is 11.1. The molecule has 8 heteroatoms. The smallest absolute Gasteiger partial charge is 0.326 e. The molecule has 0 saturated heterocycles. The van der Waals surface area contributed by atoms with Crippen molar-refractivity contribution in [3.63, 3.8) is 0 Å². The Morgan fingerprint density at radius 2 is 1.21 bits per heavy atom. The molecule has 0 aromatic carbocycles. The van der Waals surface area contributed by atoms with Gasteiger partial charge in [-0.3, -0.25) is 0 Å². The average molecular weight is 434 g/mol. The summed E-state index contributed by atoms with van der Waals surface area (Å²) in [5.41, 5.74) is -5.30. The first-order valence-corrected chi connectivity index (χ1v) is 12.5. The van der Waals surface area contributed by atoms with Crippen LogP contribution in [0.1, 0.15) is 67.2 Å². The Kier molecular flexibility index (Phi) is 4.85. The van der Waals surface area contributed by atoms with Crippen LogP contribution in [0.25, 0.3) is 0 Å². The highest BCUT2D eigenvalue weighted by Crippen LogP contribution is 2.71. The zero-order valence-corrected chi connectivity index (χ0v) is 19.1. The van der Waals surface area contributed by atoms with Crippen molar-refractivity contribution in [1.29, 1.82) is 0 Å². The van der Waals surface area contributed by atoms with E-state index in [1.807, 2.05) is 0 Å². The molecule has 0 spiro atoms. The van der Waals surface area contributed by atoms with E-state index in [-0.39, 0.29) is 46.1 Å². The summed E-state index contributed by atoms with van der Waals surface area (Å²) in [5.74, 6) is 1.65. The van der Waals surface area contributed by atoms with Crippen LogP contribution < -0.4 is 0 Å². The molecule has 0 aromatic rings. The normalized spacial score (nSPS) is 45.1. The minimum atomic E-state index is -5.63. The van der Waals surface area contributed by atoms with Crippen LogP contribution in [0.15, 0.2) is 0 Å². The topological polar surface area (TPSA) is 43.4 Å². The first kappa shape index (κ1) is 22.0. The SMILES string of the molecule is C[C@@H]1C[C@H]2C[C@@H]([C@H]1B(OS(=O)(=O)C(F)(F)F)[C@H]1[C@H](C)C[C@H]3C[C@@H]1C3(C)C)C2(C)C. The van der Waals surface area contributed by atoms with Crippen LogP contribution in [0.3, 0.4) is 0 Å². The highest BCUT2D eigenvalue weighted by Gasteiger charge is 2.67. The van der Waals surface area contributed by atoms with Gasteiger partial charge in [0.15, 0.2) is 0 Å². The summed E-state index contributed by atoms with van der Waals surface area (Å²) in [7, 11) is -5.63. The van der Waals surface area contributed by atoms with Gasteiger partial charge in [0.1, 0.15) is 0 Å². The quantitative estimate of drug-likeness (QED) is 0.403. The van der Waals surface area contributed by atoms with Crippen molar-refractivity contribution < 1.29 is 25.7 Å². The Morgan fingerprint density at radius 3 is 1.52 bits per heavy atom. The van der Waals surface area contributed by atoms with E-state index in [0.29, 0.717) is 11.8 Å². The molecular formula is C21H34BF3O3S. The van der Waals surface area contributed by atoms with Crippen molar-refractivity contribution in [3.05, 3.63) is 0 Å². The molecule has 6 fully saturated rings. The van der Waals surface area contributed by atoms with Gasteiger partial charge in [-0.1, -0.05) is 41.5 Å². The largest absolute Gasteiger partial charge is 0.521 e. The Hall–Kier alpha value is -0.235. The van der Waals surface area contributed by atoms with E-state index in [0.717, 1.165) is 25.7 Å². The third-order valence-corrected chi connectivity index (χ3v) is 11.0. The molecule has 6 rings (SSSR count). The van der Waals surface area contributed by atoms with Crippen molar-refractivity contribution in [2.75, 3.05) is 0 Å². The second-order valence-electron chi connectivity index (χ2n) is 11.8. The Labute approximate surface area is 173 Å². The van der Waals surface area contributed by atoms with Crippen molar-refractivity contribution >= 4 is 17.0 Å². The van der Waals surface area contributed by atoms with Gasteiger partial charge in [0.2, 0.25) is 0 Å². The third-order valence-electron chi connectivity index (χ3n) is 9.93. The van der Waals surface area contributed by atoms with Crippen LogP contribution in [-0.2, 0) is 14.2 Å².